The second-order valence-corrected chi connectivity index (χ2v) is 7.42. The van der Waals surface area contributed by atoms with E-state index in [1.807, 2.05) is 48.5 Å². The summed E-state index contributed by atoms with van der Waals surface area (Å²) in [5, 5.41) is 19.7. The van der Waals surface area contributed by atoms with Crippen LogP contribution in [0.5, 0.6) is 5.75 Å². The van der Waals surface area contributed by atoms with Crippen molar-refractivity contribution in [3.8, 4) is 22.9 Å². The summed E-state index contributed by atoms with van der Waals surface area (Å²) >= 11 is 0. The third-order valence-electron chi connectivity index (χ3n) is 5.76. The first kappa shape index (κ1) is 20.6. The fourth-order valence-electron chi connectivity index (χ4n) is 4.14. The van der Waals surface area contributed by atoms with E-state index in [4.69, 9.17) is 4.74 Å². The zero-order chi connectivity index (χ0) is 22.0. The number of hydrogen-bond donors (Lipinski definition) is 1. The maximum atomic E-state index is 13.5. The molecule has 0 saturated carbocycles. The molecule has 0 aliphatic carbocycles. The van der Waals surface area contributed by atoms with E-state index in [1.165, 1.54) is 23.1 Å². The number of nitrogens with zero attached hydrogens (tertiary/aromatic N) is 2. The Morgan fingerprint density at radius 1 is 1.10 bits per heavy atom. The number of halogens is 1. The number of carbonyl (C=O) groups excluding carboxylic acids is 1. The van der Waals surface area contributed by atoms with Crippen LogP contribution in [0, 0.1) is 17.1 Å². The van der Waals surface area contributed by atoms with Crippen molar-refractivity contribution in [2.75, 3.05) is 13.7 Å². The number of nitriles is 1. The van der Waals surface area contributed by atoms with E-state index in [9.17, 15) is 19.6 Å². The summed E-state index contributed by atoms with van der Waals surface area (Å²) in [6, 6.07) is 21.7. The Labute approximate surface area is 179 Å². The number of aliphatic hydroxyl groups excluding tert-OH is 1. The fraction of sp³-hybridized carbons (Fsp3) is 0.200. The Bertz CT molecular complexity index is 1120. The molecule has 0 bridgehead atoms. The van der Waals surface area contributed by atoms with Gasteiger partial charge in [-0.05, 0) is 47.0 Å². The summed E-state index contributed by atoms with van der Waals surface area (Å²) in [6.07, 6.45) is 0. The quantitative estimate of drug-likeness (QED) is 0.683. The van der Waals surface area contributed by atoms with Crippen LogP contribution in [0.15, 0.2) is 72.8 Å². The standard InChI is InChI=1S/C25H21FN2O3/c1-31-21-11-9-17(10-12-21)16-5-7-18(8-6-16)24-22(14-27)28(23(24)15-29)25(30)19-3-2-4-20(26)13-19/h2-13,22-24,29H,15H2,1H3/t22-,23-,24-/m0/s1. The van der Waals surface area contributed by atoms with Crippen LogP contribution in [0.3, 0.4) is 0 Å². The molecule has 0 radical (unpaired) electrons. The van der Waals surface area contributed by atoms with Gasteiger partial charge in [-0.1, -0.05) is 42.5 Å². The van der Waals surface area contributed by atoms with Gasteiger partial charge in [-0.15, -0.1) is 0 Å². The molecule has 1 aliphatic rings. The molecule has 3 aromatic rings. The van der Waals surface area contributed by atoms with Gasteiger partial charge in [0.25, 0.3) is 5.91 Å². The number of aliphatic hydroxyl groups is 1. The van der Waals surface area contributed by atoms with Gasteiger partial charge in [0.2, 0.25) is 0 Å². The minimum atomic E-state index is -0.736. The van der Waals surface area contributed by atoms with Crippen LogP contribution in [0.25, 0.3) is 11.1 Å². The van der Waals surface area contributed by atoms with Crippen molar-refractivity contribution in [3.63, 3.8) is 0 Å². The van der Waals surface area contributed by atoms with Crippen molar-refractivity contribution < 1.29 is 19.0 Å². The molecule has 3 atom stereocenters. The first-order valence-corrected chi connectivity index (χ1v) is 9.90. The smallest absolute Gasteiger partial charge is 0.255 e. The van der Waals surface area contributed by atoms with E-state index in [-0.39, 0.29) is 18.1 Å². The van der Waals surface area contributed by atoms with Gasteiger partial charge in [0.05, 0.1) is 25.8 Å². The van der Waals surface area contributed by atoms with Gasteiger partial charge < -0.3 is 14.7 Å². The molecular weight excluding hydrogens is 395 g/mol. The Kier molecular flexibility index (Phi) is 5.70. The Morgan fingerprint density at radius 2 is 1.74 bits per heavy atom. The molecule has 3 aromatic carbocycles. The van der Waals surface area contributed by atoms with E-state index >= 15 is 0 Å². The molecule has 1 aliphatic heterocycles. The fourth-order valence-corrected chi connectivity index (χ4v) is 4.14. The lowest BCUT2D eigenvalue weighted by Gasteiger charge is -2.51. The number of likely N-dealkylation sites (tertiary alicyclic amines) is 1. The molecule has 1 N–H and O–H groups in total. The maximum absolute atomic E-state index is 13.5. The molecule has 0 spiro atoms. The van der Waals surface area contributed by atoms with Crippen molar-refractivity contribution >= 4 is 5.91 Å². The second-order valence-electron chi connectivity index (χ2n) is 7.42. The summed E-state index contributed by atoms with van der Waals surface area (Å²) in [7, 11) is 1.62. The Hall–Kier alpha value is -3.69. The zero-order valence-electron chi connectivity index (χ0n) is 16.9. The highest BCUT2D eigenvalue weighted by molar-refractivity contribution is 5.95. The summed E-state index contributed by atoms with van der Waals surface area (Å²) in [4.78, 5) is 14.2. The third-order valence-corrected chi connectivity index (χ3v) is 5.76. The molecule has 1 amide bonds. The first-order chi connectivity index (χ1) is 15.1. The SMILES string of the molecule is COc1ccc(-c2ccc([C@H]3[C@H](C#N)N(C(=O)c4cccc(F)c4)[C@H]3CO)cc2)cc1. The highest BCUT2D eigenvalue weighted by atomic mass is 19.1. The molecule has 5 nitrogen and oxygen atoms in total. The van der Waals surface area contributed by atoms with Crippen molar-refractivity contribution in [2.45, 2.75) is 18.0 Å². The summed E-state index contributed by atoms with van der Waals surface area (Å²) < 4.78 is 18.7. The number of carbonyl (C=O) groups is 1. The highest BCUT2D eigenvalue weighted by Crippen LogP contribution is 2.41. The molecule has 6 heteroatoms. The largest absolute Gasteiger partial charge is 0.497 e. The highest BCUT2D eigenvalue weighted by Gasteiger charge is 2.51. The zero-order valence-corrected chi connectivity index (χ0v) is 16.9. The number of methoxy groups -OCH3 is 1. The molecule has 4 rings (SSSR count). The van der Waals surface area contributed by atoms with Gasteiger partial charge in [0, 0.05) is 11.5 Å². The normalized spacial score (nSPS) is 19.9. The Balaban J connectivity index is 1.57. The van der Waals surface area contributed by atoms with Crippen molar-refractivity contribution in [1.82, 2.24) is 4.90 Å². The second kappa shape index (κ2) is 8.58. The molecule has 1 saturated heterocycles. The molecule has 0 aromatic heterocycles. The van der Waals surface area contributed by atoms with Gasteiger partial charge in [-0.3, -0.25) is 4.79 Å². The lowest BCUT2D eigenvalue weighted by atomic mass is 9.75. The van der Waals surface area contributed by atoms with Crippen LogP contribution >= 0.6 is 0 Å². The van der Waals surface area contributed by atoms with Crippen LogP contribution in [-0.4, -0.2) is 41.7 Å². The Morgan fingerprint density at radius 3 is 2.29 bits per heavy atom. The minimum absolute atomic E-state index is 0.159. The monoisotopic (exact) mass is 416 g/mol. The number of rotatable bonds is 5. The predicted molar refractivity (Wildman–Crippen MR) is 114 cm³/mol. The van der Waals surface area contributed by atoms with E-state index in [1.54, 1.807) is 7.11 Å². The van der Waals surface area contributed by atoms with Crippen molar-refractivity contribution in [1.29, 1.82) is 5.26 Å². The van der Waals surface area contributed by atoms with Crippen molar-refractivity contribution in [3.05, 3.63) is 89.7 Å². The average molecular weight is 416 g/mol. The molecule has 1 heterocycles. The number of amides is 1. The van der Waals surface area contributed by atoms with Crippen LogP contribution < -0.4 is 4.74 Å². The number of benzene rings is 3. The first-order valence-electron chi connectivity index (χ1n) is 9.90. The van der Waals surface area contributed by atoms with Crippen LogP contribution in [0.2, 0.25) is 0 Å². The summed E-state index contributed by atoms with van der Waals surface area (Å²) in [6.45, 7) is -0.288. The van der Waals surface area contributed by atoms with E-state index < -0.39 is 23.8 Å². The lowest BCUT2D eigenvalue weighted by Crippen LogP contribution is -2.65. The molecule has 156 valence electrons. The summed E-state index contributed by atoms with van der Waals surface area (Å²) in [5.41, 5.74) is 3.06. The minimum Gasteiger partial charge on any atom is -0.497 e. The maximum Gasteiger partial charge on any atom is 0.255 e. The van der Waals surface area contributed by atoms with Crippen LogP contribution in [0.4, 0.5) is 4.39 Å². The van der Waals surface area contributed by atoms with Crippen molar-refractivity contribution in [2.24, 2.45) is 0 Å². The lowest BCUT2D eigenvalue weighted by molar-refractivity contribution is -0.00587. The third kappa shape index (κ3) is 3.76. The number of ether oxygens (including phenoxy) is 1. The van der Waals surface area contributed by atoms with E-state index in [0.29, 0.717) is 0 Å². The topological polar surface area (TPSA) is 73.6 Å². The van der Waals surface area contributed by atoms with Crippen LogP contribution in [0.1, 0.15) is 21.8 Å². The van der Waals surface area contributed by atoms with Gasteiger partial charge in [-0.2, -0.15) is 5.26 Å². The van der Waals surface area contributed by atoms with Gasteiger partial charge in [0.15, 0.2) is 0 Å². The van der Waals surface area contributed by atoms with E-state index in [0.717, 1.165) is 28.5 Å². The average Bonchev–Trinajstić information content (AvgIpc) is 2.79. The number of hydrogen-bond acceptors (Lipinski definition) is 4. The van der Waals surface area contributed by atoms with Gasteiger partial charge >= 0.3 is 0 Å². The van der Waals surface area contributed by atoms with Crippen LogP contribution in [-0.2, 0) is 0 Å². The molecule has 31 heavy (non-hydrogen) atoms. The predicted octanol–water partition coefficient (Wildman–Crippen LogP) is 3.99. The molecule has 0 unspecified atom stereocenters. The molecular formula is C25H21FN2O3. The van der Waals surface area contributed by atoms with E-state index in [2.05, 4.69) is 6.07 Å². The van der Waals surface area contributed by atoms with Gasteiger partial charge in [-0.25, -0.2) is 4.39 Å². The molecule has 1 fully saturated rings. The van der Waals surface area contributed by atoms with Gasteiger partial charge in [0.1, 0.15) is 17.6 Å². The summed E-state index contributed by atoms with van der Waals surface area (Å²) in [5.74, 6) is -0.528.